The Balaban J connectivity index is 2.15. The van der Waals surface area contributed by atoms with Gasteiger partial charge in [-0.1, -0.05) is 24.3 Å². The molecule has 0 aliphatic carbocycles. The van der Waals surface area contributed by atoms with Crippen LogP contribution < -0.4 is 0 Å². The molecule has 0 spiro atoms. The third kappa shape index (κ3) is 2.88. The zero-order valence-electron chi connectivity index (χ0n) is 12.3. The Morgan fingerprint density at radius 2 is 2.05 bits per heavy atom. The maximum absolute atomic E-state index is 12.5. The molecule has 0 aromatic heterocycles. The summed E-state index contributed by atoms with van der Waals surface area (Å²) in [4.78, 5) is 14.4. The molecule has 0 saturated heterocycles. The van der Waals surface area contributed by atoms with Crippen LogP contribution in [0.4, 0.5) is 0 Å². The van der Waals surface area contributed by atoms with E-state index in [9.17, 15) is 4.79 Å². The maximum Gasteiger partial charge on any atom is 0.155 e. The first-order valence-electron chi connectivity index (χ1n) is 6.83. The number of rotatable bonds is 4. The molecule has 1 atom stereocenters. The largest absolute Gasteiger partial charge is 0.373 e. The lowest BCUT2D eigenvalue weighted by Gasteiger charge is -2.33. The minimum absolute atomic E-state index is 0.0864. The predicted octanol–water partition coefficient (Wildman–Crippen LogP) is 2.60. The van der Waals surface area contributed by atoms with E-state index in [0.29, 0.717) is 13.0 Å². The Kier molecular flexibility index (Phi) is 4.07. The highest BCUT2D eigenvalue weighted by Crippen LogP contribution is 2.31. The second kappa shape index (κ2) is 5.43. The van der Waals surface area contributed by atoms with Crippen molar-refractivity contribution in [1.29, 1.82) is 0 Å². The number of carbonyl (C=O) groups is 1. The van der Waals surface area contributed by atoms with Crippen LogP contribution in [-0.2, 0) is 16.0 Å². The van der Waals surface area contributed by atoms with Gasteiger partial charge in [-0.05, 0) is 45.5 Å². The number of likely N-dealkylation sites (N-methyl/N-ethyl adjacent to an activating group) is 1. The second-order valence-electron chi connectivity index (χ2n) is 5.89. The fraction of sp³-hybridized carbons (Fsp3) is 0.562. The average Bonchev–Trinajstić information content (AvgIpc) is 2.39. The number of Topliss-reactive ketones (excluding diaryl/α,β-unsaturated/α-hetero) is 1. The highest BCUT2D eigenvalue weighted by molar-refractivity contribution is 5.88. The van der Waals surface area contributed by atoms with Gasteiger partial charge in [-0.15, -0.1) is 0 Å². The van der Waals surface area contributed by atoms with Crippen LogP contribution in [0.5, 0.6) is 0 Å². The van der Waals surface area contributed by atoms with Crippen LogP contribution in [0.3, 0.4) is 0 Å². The number of hydrogen-bond donors (Lipinski definition) is 0. The molecule has 1 aliphatic heterocycles. The van der Waals surface area contributed by atoms with Crippen molar-refractivity contribution in [2.75, 3.05) is 20.7 Å². The summed E-state index contributed by atoms with van der Waals surface area (Å²) < 4.78 is 5.81. The van der Waals surface area contributed by atoms with Gasteiger partial charge < -0.3 is 4.74 Å². The molecule has 1 aromatic carbocycles. The van der Waals surface area contributed by atoms with Crippen molar-refractivity contribution in [1.82, 2.24) is 4.90 Å². The third-order valence-electron chi connectivity index (χ3n) is 4.26. The fourth-order valence-corrected chi connectivity index (χ4v) is 2.31. The molecule has 0 radical (unpaired) electrons. The van der Waals surface area contributed by atoms with E-state index in [1.807, 2.05) is 45.0 Å². The van der Waals surface area contributed by atoms with Gasteiger partial charge in [0.15, 0.2) is 5.78 Å². The van der Waals surface area contributed by atoms with E-state index in [2.05, 4.69) is 12.1 Å². The van der Waals surface area contributed by atoms with Crippen molar-refractivity contribution in [2.45, 2.75) is 38.3 Å². The number of nitrogens with zero attached hydrogens (tertiary/aromatic N) is 1. The van der Waals surface area contributed by atoms with Crippen LogP contribution >= 0.6 is 0 Å². The lowest BCUT2D eigenvalue weighted by atomic mass is 9.88. The quantitative estimate of drug-likeness (QED) is 0.834. The minimum atomic E-state index is -0.449. The molecule has 2 rings (SSSR count). The normalized spacial score (nSPS) is 19.3. The molecule has 0 fully saturated rings. The van der Waals surface area contributed by atoms with Crippen molar-refractivity contribution in [2.24, 2.45) is 0 Å². The average molecular weight is 261 g/mol. The van der Waals surface area contributed by atoms with Crippen molar-refractivity contribution in [3.63, 3.8) is 0 Å². The van der Waals surface area contributed by atoms with E-state index in [1.54, 1.807) is 0 Å². The van der Waals surface area contributed by atoms with Gasteiger partial charge in [0.2, 0.25) is 0 Å². The lowest BCUT2D eigenvalue weighted by Crippen LogP contribution is -2.46. The molecule has 1 aromatic rings. The summed E-state index contributed by atoms with van der Waals surface area (Å²) in [7, 11) is 3.88. The Morgan fingerprint density at radius 1 is 1.37 bits per heavy atom. The Hall–Kier alpha value is -1.19. The molecule has 19 heavy (non-hydrogen) atoms. The lowest BCUT2D eigenvalue weighted by molar-refractivity contribution is -0.131. The number of hydrogen-bond acceptors (Lipinski definition) is 3. The van der Waals surface area contributed by atoms with Gasteiger partial charge in [0.05, 0.1) is 18.2 Å². The van der Waals surface area contributed by atoms with Crippen molar-refractivity contribution in [3.8, 4) is 0 Å². The van der Waals surface area contributed by atoms with E-state index in [1.165, 1.54) is 11.1 Å². The summed E-state index contributed by atoms with van der Waals surface area (Å²) in [5.41, 5.74) is 2.04. The van der Waals surface area contributed by atoms with Gasteiger partial charge in [0.1, 0.15) is 0 Å². The van der Waals surface area contributed by atoms with Crippen molar-refractivity contribution in [3.05, 3.63) is 35.4 Å². The molecule has 0 amide bonds. The van der Waals surface area contributed by atoms with Gasteiger partial charge in [-0.3, -0.25) is 9.69 Å². The monoisotopic (exact) mass is 261 g/mol. The Morgan fingerprint density at radius 3 is 2.74 bits per heavy atom. The predicted molar refractivity (Wildman–Crippen MR) is 76.2 cm³/mol. The van der Waals surface area contributed by atoms with E-state index in [0.717, 1.165) is 6.42 Å². The van der Waals surface area contributed by atoms with Gasteiger partial charge in [-0.2, -0.15) is 0 Å². The first kappa shape index (κ1) is 14.2. The molecule has 0 saturated carbocycles. The number of benzene rings is 1. The number of ketones is 1. The van der Waals surface area contributed by atoms with Crippen molar-refractivity contribution >= 4 is 5.78 Å². The summed E-state index contributed by atoms with van der Waals surface area (Å²) in [5.74, 6) is 0.221. The molecular formula is C16H23NO2. The summed E-state index contributed by atoms with van der Waals surface area (Å²) in [6.07, 6.45) is 1.30. The highest BCUT2D eigenvalue weighted by Gasteiger charge is 2.33. The maximum atomic E-state index is 12.5. The summed E-state index contributed by atoms with van der Waals surface area (Å²) in [6, 6.07) is 8.27. The van der Waals surface area contributed by atoms with Crippen LogP contribution in [0.15, 0.2) is 24.3 Å². The molecule has 3 heteroatoms. The van der Waals surface area contributed by atoms with E-state index in [4.69, 9.17) is 4.74 Å². The number of fused-ring (bicyclic) bond motifs is 1. The summed E-state index contributed by atoms with van der Waals surface area (Å²) >= 11 is 0. The standard InChI is InChI=1S/C16H23NO2/c1-16(2,17(3)4)15(18)11-14-13-8-6-5-7-12(13)9-10-19-14/h5-8,14H,9-11H2,1-4H3. The first-order valence-corrected chi connectivity index (χ1v) is 6.83. The topological polar surface area (TPSA) is 29.5 Å². The molecule has 104 valence electrons. The number of ether oxygens (including phenoxy) is 1. The molecular weight excluding hydrogens is 238 g/mol. The third-order valence-corrected chi connectivity index (χ3v) is 4.26. The van der Waals surface area contributed by atoms with Crippen LogP contribution in [-0.4, -0.2) is 36.9 Å². The molecule has 3 nitrogen and oxygen atoms in total. The first-order chi connectivity index (χ1) is 8.93. The zero-order chi connectivity index (χ0) is 14.0. The summed E-state index contributed by atoms with van der Waals surface area (Å²) in [6.45, 7) is 4.63. The van der Waals surface area contributed by atoms with Crippen molar-refractivity contribution < 1.29 is 9.53 Å². The van der Waals surface area contributed by atoms with Crippen LogP contribution in [0.2, 0.25) is 0 Å². The Labute approximate surface area is 115 Å². The smallest absolute Gasteiger partial charge is 0.155 e. The molecule has 1 unspecified atom stereocenters. The van der Waals surface area contributed by atoms with Crippen LogP contribution in [0, 0.1) is 0 Å². The minimum Gasteiger partial charge on any atom is -0.373 e. The molecule has 1 aliphatic rings. The Bertz CT molecular complexity index is 466. The second-order valence-corrected chi connectivity index (χ2v) is 5.89. The zero-order valence-corrected chi connectivity index (χ0v) is 12.3. The van der Waals surface area contributed by atoms with E-state index in [-0.39, 0.29) is 11.9 Å². The van der Waals surface area contributed by atoms with Crippen LogP contribution in [0.25, 0.3) is 0 Å². The van der Waals surface area contributed by atoms with Gasteiger partial charge >= 0.3 is 0 Å². The molecule has 0 N–H and O–H groups in total. The van der Waals surface area contributed by atoms with Gasteiger partial charge in [0.25, 0.3) is 0 Å². The van der Waals surface area contributed by atoms with E-state index < -0.39 is 5.54 Å². The number of carbonyl (C=O) groups excluding carboxylic acids is 1. The highest BCUT2D eigenvalue weighted by atomic mass is 16.5. The molecule has 0 bridgehead atoms. The molecule has 1 heterocycles. The fourth-order valence-electron chi connectivity index (χ4n) is 2.31. The van der Waals surface area contributed by atoms with E-state index >= 15 is 0 Å². The summed E-state index contributed by atoms with van der Waals surface area (Å²) in [5, 5.41) is 0. The van der Waals surface area contributed by atoms with Gasteiger partial charge in [-0.25, -0.2) is 0 Å². The van der Waals surface area contributed by atoms with Crippen LogP contribution in [0.1, 0.15) is 37.5 Å². The SMILES string of the molecule is CN(C)C(C)(C)C(=O)CC1OCCc2ccccc21. The van der Waals surface area contributed by atoms with Gasteiger partial charge in [0, 0.05) is 6.42 Å².